The van der Waals surface area contributed by atoms with Crippen LogP contribution in [0, 0.1) is 11.8 Å². The average Bonchev–Trinajstić information content (AvgIpc) is 3.26. The van der Waals surface area contributed by atoms with Gasteiger partial charge in [0.05, 0.1) is 22.3 Å². The zero-order chi connectivity index (χ0) is 24.6. The molecule has 1 aromatic carbocycles. The molecule has 1 fully saturated rings. The van der Waals surface area contributed by atoms with Crippen LogP contribution in [0.4, 0.5) is 11.4 Å². The number of hydrazine groups is 2. The third-order valence-corrected chi connectivity index (χ3v) is 8.83. The van der Waals surface area contributed by atoms with Gasteiger partial charge in [-0.25, -0.2) is 0 Å². The third kappa shape index (κ3) is 5.29. The van der Waals surface area contributed by atoms with Crippen LogP contribution in [0.15, 0.2) is 47.5 Å². The quantitative estimate of drug-likeness (QED) is 0.399. The number of aliphatic hydroxyl groups is 1. The molecule has 0 aromatic heterocycles. The second-order valence-corrected chi connectivity index (χ2v) is 11.6. The molecule has 2 heterocycles. The van der Waals surface area contributed by atoms with Crippen LogP contribution in [0.5, 0.6) is 0 Å². The molecule has 4 atom stereocenters. The maximum atomic E-state index is 11.0. The first-order chi connectivity index (χ1) is 16.8. The van der Waals surface area contributed by atoms with E-state index in [1.165, 1.54) is 17.6 Å². The summed E-state index contributed by atoms with van der Waals surface area (Å²) in [6.07, 6.45) is 13.8. The third-order valence-electron chi connectivity index (χ3n) is 8.16. The van der Waals surface area contributed by atoms with Crippen molar-refractivity contribution in [3.05, 3.63) is 53.1 Å². The van der Waals surface area contributed by atoms with Gasteiger partial charge in [-0.15, -0.1) is 17.1 Å². The molecule has 0 bridgehead atoms. The number of rotatable bonds is 6. The second kappa shape index (κ2) is 10.4. The minimum Gasteiger partial charge on any atom is -0.376 e. The van der Waals surface area contributed by atoms with E-state index in [4.69, 9.17) is 28.9 Å². The van der Waals surface area contributed by atoms with Crippen molar-refractivity contribution in [1.82, 2.24) is 10.4 Å². The van der Waals surface area contributed by atoms with Gasteiger partial charge < -0.3 is 16.3 Å². The molecule has 190 valence electrons. The molecule has 35 heavy (non-hydrogen) atoms. The van der Waals surface area contributed by atoms with E-state index in [9.17, 15) is 5.11 Å². The van der Waals surface area contributed by atoms with Gasteiger partial charge in [0.1, 0.15) is 6.23 Å². The van der Waals surface area contributed by atoms with Crippen LogP contribution in [0.25, 0.3) is 5.57 Å². The minimum atomic E-state index is -0.574. The lowest BCUT2D eigenvalue weighted by atomic mass is 9.80. The van der Waals surface area contributed by atoms with Crippen LogP contribution in [0.3, 0.4) is 0 Å². The molecule has 0 spiro atoms. The maximum Gasteiger partial charge on any atom is 0.125 e. The summed E-state index contributed by atoms with van der Waals surface area (Å²) in [5.41, 5.74) is 17.5. The highest BCUT2D eigenvalue weighted by molar-refractivity contribution is 6.32. The smallest absolute Gasteiger partial charge is 0.125 e. The molecule has 4 aliphatic rings. The fourth-order valence-corrected chi connectivity index (χ4v) is 6.68. The van der Waals surface area contributed by atoms with E-state index in [1.807, 2.05) is 12.2 Å². The molecule has 1 aromatic rings. The Kier molecular flexibility index (Phi) is 7.50. The van der Waals surface area contributed by atoms with Gasteiger partial charge >= 0.3 is 0 Å². The Morgan fingerprint density at radius 1 is 1.26 bits per heavy atom. The van der Waals surface area contributed by atoms with Crippen molar-refractivity contribution in [3.8, 4) is 0 Å². The number of nitrogens with one attached hydrogen (secondary N) is 2. The van der Waals surface area contributed by atoms with Gasteiger partial charge in [-0.1, -0.05) is 56.0 Å². The molecule has 3 unspecified atom stereocenters. The van der Waals surface area contributed by atoms with Gasteiger partial charge in [-0.3, -0.25) is 9.91 Å². The highest BCUT2D eigenvalue weighted by atomic mass is 35.5. The fourth-order valence-electron chi connectivity index (χ4n) is 5.93. The summed E-state index contributed by atoms with van der Waals surface area (Å²) in [7, 11) is 0. The average molecular weight is 519 g/mol. The predicted octanol–water partition coefficient (Wildman–Crippen LogP) is 4.96. The monoisotopic (exact) mass is 517 g/mol. The number of hydrogen-bond acceptors (Lipinski definition) is 6. The summed E-state index contributed by atoms with van der Waals surface area (Å²) in [4.78, 5) is 2.14. The number of halogens is 2. The molecule has 5 rings (SSSR count). The Balaban J connectivity index is 1.25. The topological polar surface area (TPSA) is 76.8 Å². The zero-order valence-corrected chi connectivity index (χ0v) is 21.9. The highest BCUT2D eigenvalue weighted by Gasteiger charge is 2.39. The molecule has 0 radical (unpaired) electrons. The van der Waals surface area contributed by atoms with Crippen LogP contribution in [0.2, 0.25) is 0 Å². The zero-order valence-electron chi connectivity index (χ0n) is 20.4. The van der Waals surface area contributed by atoms with E-state index in [2.05, 4.69) is 58.1 Å². The number of benzene rings is 1. The summed E-state index contributed by atoms with van der Waals surface area (Å²) >= 11 is 12.7. The Morgan fingerprint density at radius 2 is 2.06 bits per heavy atom. The van der Waals surface area contributed by atoms with Crippen LogP contribution < -0.4 is 21.7 Å². The van der Waals surface area contributed by atoms with E-state index in [1.54, 1.807) is 0 Å². The molecule has 0 amide bonds. The van der Waals surface area contributed by atoms with E-state index in [-0.39, 0.29) is 11.3 Å². The van der Waals surface area contributed by atoms with Crippen molar-refractivity contribution < 1.29 is 5.11 Å². The molecule has 6 nitrogen and oxygen atoms in total. The number of fused-ring (bicyclic) bond motifs is 1. The van der Waals surface area contributed by atoms with Crippen molar-refractivity contribution in [2.75, 3.05) is 30.1 Å². The first-order valence-corrected chi connectivity index (χ1v) is 13.7. The fraction of sp³-hybridized carbons (Fsp3) is 0.556. The lowest BCUT2D eigenvalue weighted by Gasteiger charge is -2.43. The van der Waals surface area contributed by atoms with Crippen molar-refractivity contribution in [2.45, 2.75) is 62.6 Å². The number of anilines is 2. The van der Waals surface area contributed by atoms with Gasteiger partial charge in [0.2, 0.25) is 0 Å². The van der Waals surface area contributed by atoms with Gasteiger partial charge in [-0.05, 0) is 60.6 Å². The van der Waals surface area contributed by atoms with Crippen LogP contribution >= 0.6 is 23.2 Å². The second-order valence-electron chi connectivity index (χ2n) is 10.6. The van der Waals surface area contributed by atoms with Crippen molar-refractivity contribution in [1.29, 1.82) is 0 Å². The summed E-state index contributed by atoms with van der Waals surface area (Å²) in [6.45, 7) is 4.58. The maximum absolute atomic E-state index is 11.0. The molecule has 5 N–H and O–H groups in total. The van der Waals surface area contributed by atoms with Crippen LogP contribution in [-0.2, 0) is 0 Å². The Bertz CT molecular complexity index is 1020. The molecule has 8 heteroatoms. The van der Waals surface area contributed by atoms with E-state index in [0.717, 1.165) is 63.1 Å². The largest absolute Gasteiger partial charge is 0.376 e. The highest BCUT2D eigenvalue weighted by Crippen LogP contribution is 2.37. The first-order valence-electron chi connectivity index (χ1n) is 12.9. The lowest BCUT2D eigenvalue weighted by molar-refractivity contribution is -0.0601. The van der Waals surface area contributed by atoms with Gasteiger partial charge in [0.25, 0.3) is 0 Å². The van der Waals surface area contributed by atoms with Gasteiger partial charge in [0.15, 0.2) is 0 Å². The van der Waals surface area contributed by atoms with Crippen molar-refractivity contribution in [2.24, 2.45) is 17.6 Å². The van der Waals surface area contributed by atoms with E-state index >= 15 is 0 Å². The number of nitrogens with two attached hydrogens (primary N) is 1. The SMILES string of the molecule is C[C@@H](CN1NNc2ccc(C3=CCN(C(O)C4(N)CCCCC4)CC3)cc21)C1C=CC(Cl)=CC1Cl. The Hall–Kier alpha value is -1.54. The molecule has 2 aliphatic heterocycles. The molecule has 1 saturated carbocycles. The van der Waals surface area contributed by atoms with E-state index in [0.29, 0.717) is 11.0 Å². The Labute approximate surface area is 218 Å². The van der Waals surface area contributed by atoms with Crippen LogP contribution in [-0.4, -0.2) is 46.8 Å². The summed E-state index contributed by atoms with van der Waals surface area (Å²) in [5.74, 6) is 0.549. The minimum absolute atomic E-state index is 0.101. The lowest BCUT2D eigenvalue weighted by Crippen LogP contribution is -2.60. The number of hydrogen-bond donors (Lipinski definition) is 4. The summed E-state index contributed by atoms with van der Waals surface area (Å²) in [5, 5.41) is 13.8. The molecular formula is C27H37Cl2N5O. The number of nitrogens with zero attached hydrogens (tertiary/aromatic N) is 2. The number of aliphatic hydroxyl groups excluding tert-OH is 1. The van der Waals surface area contributed by atoms with Gasteiger partial charge in [-0.2, -0.15) is 0 Å². The Morgan fingerprint density at radius 3 is 2.77 bits per heavy atom. The van der Waals surface area contributed by atoms with Crippen LogP contribution in [0.1, 0.15) is 51.0 Å². The van der Waals surface area contributed by atoms with Crippen molar-refractivity contribution in [3.63, 3.8) is 0 Å². The standard InChI is InChI=1S/C27H37Cl2N5O/c1-18(22-7-6-21(28)16-23(22)29)17-34-25-15-20(5-8-24(25)31-32-34)19-9-13-33(14-10-19)26(35)27(30)11-3-2-4-12-27/h5-9,15-16,18,22-23,26,31-32,35H,2-4,10-14,17,30H2,1H3/t18-,22?,23?,26?/m0/s1. The molecule has 0 saturated heterocycles. The molecular weight excluding hydrogens is 481 g/mol. The summed E-state index contributed by atoms with van der Waals surface area (Å²) < 4.78 is 0. The first kappa shape index (κ1) is 25.1. The number of allylic oxidation sites excluding steroid dienone is 4. The predicted molar refractivity (Wildman–Crippen MR) is 146 cm³/mol. The van der Waals surface area contributed by atoms with E-state index < -0.39 is 11.8 Å². The normalized spacial score (nSPS) is 28.1. The summed E-state index contributed by atoms with van der Waals surface area (Å²) in [6, 6.07) is 6.56. The van der Waals surface area contributed by atoms with Gasteiger partial charge in [0, 0.05) is 30.6 Å². The molecule has 2 aliphatic carbocycles. The number of alkyl halides is 1. The van der Waals surface area contributed by atoms with Crippen molar-refractivity contribution >= 4 is 40.1 Å².